The quantitative estimate of drug-likeness (QED) is 0.325. The molecule has 0 aromatic heterocycles. The summed E-state index contributed by atoms with van der Waals surface area (Å²) < 4.78 is 0. The van der Waals surface area contributed by atoms with E-state index in [-0.39, 0.29) is 11.7 Å². The molecule has 1 aliphatic heterocycles. The molecule has 1 amide bonds. The van der Waals surface area contributed by atoms with Gasteiger partial charge in [-0.15, -0.1) is 0 Å². The molecule has 1 aliphatic rings. The van der Waals surface area contributed by atoms with Crippen LogP contribution >= 0.6 is 11.8 Å². The highest BCUT2D eigenvalue weighted by Gasteiger charge is 2.37. The molecule has 16 heavy (non-hydrogen) atoms. The van der Waals surface area contributed by atoms with Crippen LogP contribution in [-0.4, -0.2) is 45.9 Å². The molecule has 1 atom stereocenters. The van der Waals surface area contributed by atoms with Gasteiger partial charge in [-0.05, 0) is 13.8 Å². The third-order valence-electron chi connectivity index (χ3n) is 2.81. The summed E-state index contributed by atoms with van der Waals surface area (Å²) in [4.78, 5) is 14.0. The fourth-order valence-corrected chi connectivity index (χ4v) is 2.65. The van der Waals surface area contributed by atoms with E-state index >= 15 is 0 Å². The van der Waals surface area contributed by atoms with Crippen molar-refractivity contribution in [2.24, 2.45) is 16.3 Å². The maximum atomic E-state index is 12.2. The van der Waals surface area contributed by atoms with Crippen LogP contribution in [0.15, 0.2) is 5.16 Å². The van der Waals surface area contributed by atoms with Gasteiger partial charge in [0.25, 0.3) is 0 Å². The molecule has 1 rings (SSSR count). The maximum Gasteiger partial charge on any atom is 0.236 e. The molecule has 0 bridgehead atoms. The van der Waals surface area contributed by atoms with Gasteiger partial charge in [-0.25, -0.2) is 0 Å². The number of carbonyl (C=O) groups excluding carboxylic acids is 1. The van der Waals surface area contributed by atoms with Crippen LogP contribution < -0.4 is 5.73 Å². The molecule has 0 aromatic rings. The van der Waals surface area contributed by atoms with Crippen LogP contribution in [0.2, 0.25) is 0 Å². The smallest absolute Gasteiger partial charge is 0.236 e. The van der Waals surface area contributed by atoms with Gasteiger partial charge in [-0.3, -0.25) is 4.79 Å². The molecule has 3 N–H and O–H groups in total. The van der Waals surface area contributed by atoms with E-state index in [4.69, 9.17) is 10.9 Å². The summed E-state index contributed by atoms with van der Waals surface area (Å²) in [5.41, 5.74) is 4.61. The number of hydrogen-bond donors (Lipinski definition) is 2. The summed E-state index contributed by atoms with van der Waals surface area (Å²) in [6, 6.07) is 0. The Hall–Kier alpha value is -0.910. The topological polar surface area (TPSA) is 78.9 Å². The van der Waals surface area contributed by atoms with Crippen LogP contribution in [-0.2, 0) is 4.79 Å². The average molecular weight is 245 g/mol. The van der Waals surface area contributed by atoms with Gasteiger partial charge < -0.3 is 15.8 Å². The first-order chi connectivity index (χ1) is 7.39. The van der Waals surface area contributed by atoms with Gasteiger partial charge in [0.1, 0.15) is 5.41 Å². The van der Waals surface area contributed by atoms with Gasteiger partial charge in [-0.2, -0.15) is 11.8 Å². The third-order valence-corrected chi connectivity index (χ3v) is 3.95. The SMILES string of the molecule is CC1CN(C(=O)C(C)(C)C(N)=NO)CCS1. The first-order valence-electron chi connectivity index (χ1n) is 5.28. The van der Waals surface area contributed by atoms with Crippen molar-refractivity contribution in [3.05, 3.63) is 0 Å². The van der Waals surface area contributed by atoms with Crippen molar-refractivity contribution in [2.75, 3.05) is 18.8 Å². The molecule has 1 fully saturated rings. The van der Waals surface area contributed by atoms with Gasteiger partial charge in [0, 0.05) is 24.1 Å². The maximum absolute atomic E-state index is 12.2. The molecular formula is C10H19N3O2S. The van der Waals surface area contributed by atoms with Crippen molar-refractivity contribution in [1.29, 1.82) is 0 Å². The minimum absolute atomic E-state index is 0.0385. The van der Waals surface area contributed by atoms with Crippen LogP contribution in [0, 0.1) is 5.41 Å². The van der Waals surface area contributed by atoms with E-state index in [9.17, 15) is 4.79 Å². The zero-order valence-corrected chi connectivity index (χ0v) is 10.8. The number of amidine groups is 1. The molecule has 0 saturated carbocycles. The van der Waals surface area contributed by atoms with Crippen molar-refractivity contribution in [2.45, 2.75) is 26.0 Å². The predicted octanol–water partition coefficient (Wildman–Crippen LogP) is 0.723. The molecule has 0 aromatic carbocycles. The highest BCUT2D eigenvalue weighted by atomic mass is 32.2. The lowest BCUT2D eigenvalue weighted by atomic mass is 9.90. The lowest BCUT2D eigenvalue weighted by Crippen LogP contribution is -2.51. The van der Waals surface area contributed by atoms with Gasteiger partial charge in [0.15, 0.2) is 5.84 Å². The first kappa shape index (κ1) is 13.2. The molecule has 92 valence electrons. The molecule has 1 heterocycles. The molecule has 0 aliphatic carbocycles. The van der Waals surface area contributed by atoms with Crippen LogP contribution in [0.4, 0.5) is 0 Å². The molecular weight excluding hydrogens is 226 g/mol. The molecule has 0 spiro atoms. The number of rotatable bonds is 2. The highest BCUT2D eigenvalue weighted by Crippen LogP contribution is 2.24. The Labute approximate surface area is 100 Å². The van der Waals surface area contributed by atoms with Crippen LogP contribution in [0.3, 0.4) is 0 Å². The Balaban J connectivity index is 2.77. The second kappa shape index (κ2) is 4.95. The second-order valence-electron chi connectivity index (χ2n) is 4.54. The number of oxime groups is 1. The summed E-state index contributed by atoms with van der Waals surface area (Å²) in [5.74, 6) is 0.831. The lowest BCUT2D eigenvalue weighted by Gasteiger charge is -2.35. The van der Waals surface area contributed by atoms with Crippen LogP contribution in [0.25, 0.3) is 0 Å². The van der Waals surface area contributed by atoms with Crippen molar-refractivity contribution in [3.63, 3.8) is 0 Å². The van der Waals surface area contributed by atoms with Gasteiger partial charge in [0.2, 0.25) is 5.91 Å². The molecule has 0 radical (unpaired) electrons. The zero-order valence-electron chi connectivity index (χ0n) is 9.93. The largest absolute Gasteiger partial charge is 0.409 e. The Kier molecular flexibility index (Phi) is 4.07. The Bertz CT molecular complexity index is 304. The molecule has 5 nitrogen and oxygen atoms in total. The van der Waals surface area contributed by atoms with E-state index in [1.807, 2.05) is 11.8 Å². The summed E-state index contributed by atoms with van der Waals surface area (Å²) in [7, 11) is 0. The zero-order chi connectivity index (χ0) is 12.3. The minimum atomic E-state index is -0.934. The number of nitrogens with zero attached hydrogens (tertiary/aromatic N) is 2. The van der Waals surface area contributed by atoms with Crippen molar-refractivity contribution in [3.8, 4) is 0 Å². The summed E-state index contributed by atoms with van der Waals surface area (Å²) in [6.45, 7) is 6.91. The summed E-state index contributed by atoms with van der Waals surface area (Å²) in [5, 5.41) is 12.0. The highest BCUT2D eigenvalue weighted by molar-refractivity contribution is 7.99. The third kappa shape index (κ3) is 2.61. The monoisotopic (exact) mass is 245 g/mol. The molecule has 6 heteroatoms. The first-order valence-corrected chi connectivity index (χ1v) is 6.33. The second-order valence-corrected chi connectivity index (χ2v) is 6.09. The van der Waals surface area contributed by atoms with E-state index in [2.05, 4.69) is 12.1 Å². The fourth-order valence-electron chi connectivity index (χ4n) is 1.63. The standard InChI is InChI=1S/C10H19N3O2S/c1-7-6-13(4-5-16-7)9(14)10(2,3)8(11)12-15/h7,15H,4-6H2,1-3H3,(H2,11,12). The summed E-state index contributed by atoms with van der Waals surface area (Å²) >= 11 is 1.86. The van der Waals surface area contributed by atoms with E-state index < -0.39 is 5.41 Å². The van der Waals surface area contributed by atoms with E-state index in [1.54, 1.807) is 18.7 Å². The van der Waals surface area contributed by atoms with E-state index in [0.29, 0.717) is 5.25 Å². The van der Waals surface area contributed by atoms with Crippen molar-refractivity contribution in [1.82, 2.24) is 4.90 Å². The van der Waals surface area contributed by atoms with Gasteiger partial charge in [0.05, 0.1) is 0 Å². The van der Waals surface area contributed by atoms with Gasteiger partial charge >= 0.3 is 0 Å². The number of amides is 1. The number of carbonyl (C=O) groups is 1. The summed E-state index contributed by atoms with van der Waals surface area (Å²) in [6.07, 6.45) is 0. The lowest BCUT2D eigenvalue weighted by molar-refractivity contribution is -0.136. The number of thioether (sulfide) groups is 1. The number of nitrogens with two attached hydrogens (primary N) is 1. The Morgan fingerprint density at radius 2 is 2.25 bits per heavy atom. The predicted molar refractivity (Wildman–Crippen MR) is 65.7 cm³/mol. The van der Waals surface area contributed by atoms with E-state index in [0.717, 1.165) is 18.8 Å². The van der Waals surface area contributed by atoms with E-state index in [1.165, 1.54) is 0 Å². The molecule has 1 unspecified atom stereocenters. The Morgan fingerprint density at radius 3 is 2.75 bits per heavy atom. The van der Waals surface area contributed by atoms with Crippen LogP contribution in [0.1, 0.15) is 20.8 Å². The van der Waals surface area contributed by atoms with Crippen LogP contribution in [0.5, 0.6) is 0 Å². The van der Waals surface area contributed by atoms with Crippen molar-refractivity contribution >= 4 is 23.5 Å². The minimum Gasteiger partial charge on any atom is -0.409 e. The fraction of sp³-hybridized carbons (Fsp3) is 0.800. The van der Waals surface area contributed by atoms with Gasteiger partial charge in [-0.1, -0.05) is 12.1 Å². The molecule has 1 saturated heterocycles. The average Bonchev–Trinajstić information content (AvgIpc) is 2.26. The van der Waals surface area contributed by atoms with Crippen molar-refractivity contribution < 1.29 is 10.0 Å². The number of hydrogen-bond acceptors (Lipinski definition) is 4. The Morgan fingerprint density at radius 1 is 1.62 bits per heavy atom. The normalized spacial score (nSPS) is 23.3.